The molecule has 0 unspecified atom stereocenters. The van der Waals surface area contributed by atoms with Gasteiger partial charge in [0.15, 0.2) is 0 Å². The number of nitro groups is 1. The molecule has 2 aromatic carbocycles. The average Bonchev–Trinajstić information content (AvgIpc) is 3.15. The molecule has 0 aliphatic rings. The number of likely N-dealkylation sites (N-methyl/N-ethyl adjacent to an activating group) is 1. The van der Waals surface area contributed by atoms with E-state index in [-0.39, 0.29) is 18.1 Å². The molecule has 0 fully saturated rings. The minimum absolute atomic E-state index is 0.00127. The summed E-state index contributed by atoms with van der Waals surface area (Å²) in [5.74, 6) is 0.542. The highest BCUT2D eigenvalue weighted by molar-refractivity contribution is 5.91. The molecule has 0 saturated carbocycles. The second-order valence-corrected chi connectivity index (χ2v) is 6.25. The normalized spacial score (nSPS) is 10.9. The predicted octanol–water partition coefficient (Wildman–Crippen LogP) is 3.63. The summed E-state index contributed by atoms with van der Waals surface area (Å²) in [6, 6.07) is 13.7. The van der Waals surface area contributed by atoms with Crippen LogP contribution in [0.15, 0.2) is 59.1 Å². The van der Waals surface area contributed by atoms with Gasteiger partial charge in [-0.15, -0.1) is 0 Å². The van der Waals surface area contributed by atoms with E-state index in [1.807, 2.05) is 31.2 Å². The number of aryl methyl sites for hydroxylation is 1. The van der Waals surface area contributed by atoms with E-state index in [4.69, 9.17) is 4.52 Å². The maximum absolute atomic E-state index is 12.3. The molecule has 0 atom stereocenters. The van der Waals surface area contributed by atoms with Crippen molar-refractivity contribution in [2.45, 2.75) is 13.5 Å². The number of carbonyl (C=O) groups excluding carboxylic acids is 1. The summed E-state index contributed by atoms with van der Waals surface area (Å²) in [6.45, 7) is 2.17. The van der Waals surface area contributed by atoms with Crippen LogP contribution in [-0.2, 0) is 11.3 Å². The number of nitro benzene ring substituents is 1. The lowest BCUT2D eigenvalue weighted by Crippen LogP contribution is -2.24. The fourth-order valence-electron chi connectivity index (χ4n) is 2.42. The lowest BCUT2D eigenvalue weighted by atomic mass is 10.1. The average molecular weight is 378 g/mol. The molecule has 3 aromatic rings. The lowest BCUT2D eigenvalue weighted by Gasteiger charge is -2.11. The summed E-state index contributed by atoms with van der Waals surface area (Å²) in [5.41, 5.74) is 2.67. The molecule has 3 rings (SSSR count). The van der Waals surface area contributed by atoms with Gasteiger partial charge < -0.3 is 9.42 Å². The maximum Gasteiger partial charge on any atom is 0.269 e. The molecule has 0 aliphatic heterocycles. The Morgan fingerprint density at radius 1 is 1.18 bits per heavy atom. The van der Waals surface area contributed by atoms with Gasteiger partial charge in [0, 0.05) is 30.8 Å². The molecule has 0 spiro atoms. The largest absolute Gasteiger partial charge is 0.337 e. The SMILES string of the molecule is Cc1ccc(-c2noc(CN(C)C(=O)/C=C/c3ccc([N+](=O)[O-])cc3)n2)cc1. The first kappa shape index (κ1) is 19.0. The summed E-state index contributed by atoms with van der Waals surface area (Å²) in [4.78, 5) is 28.2. The van der Waals surface area contributed by atoms with Crippen LogP contribution in [0.5, 0.6) is 0 Å². The Balaban J connectivity index is 1.61. The zero-order valence-corrected chi connectivity index (χ0v) is 15.4. The van der Waals surface area contributed by atoms with Crippen molar-refractivity contribution in [2.75, 3.05) is 7.05 Å². The lowest BCUT2D eigenvalue weighted by molar-refractivity contribution is -0.384. The van der Waals surface area contributed by atoms with E-state index >= 15 is 0 Å². The van der Waals surface area contributed by atoms with Crippen molar-refractivity contribution < 1.29 is 14.2 Å². The van der Waals surface area contributed by atoms with Gasteiger partial charge in [0.2, 0.25) is 17.6 Å². The number of benzene rings is 2. The van der Waals surface area contributed by atoms with Crippen LogP contribution in [0.1, 0.15) is 17.0 Å². The smallest absolute Gasteiger partial charge is 0.269 e. The van der Waals surface area contributed by atoms with Crippen LogP contribution < -0.4 is 0 Å². The molecule has 1 heterocycles. The van der Waals surface area contributed by atoms with Crippen molar-refractivity contribution in [3.05, 3.63) is 81.7 Å². The minimum atomic E-state index is -0.471. The molecular weight excluding hydrogens is 360 g/mol. The quantitative estimate of drug-likeness (QED) is 0.369. The van der Waals surface area contributed by atoms with Crippen LogP contribution in [-0.4, -0.2) is 32.9 Å². The van der Waals surface area contributed by atoms with Gasteiger partial charge in [0.05, 0.1) is 11.5 Å². The van der Waals surface area contributed by atoms with E-state index in [0.29, 0.717) is 17.3 Å². The van der Waals surface area contributed by atoms with E-state index in [0.717, 1.165) is 11.1 Å². The van der Waals surface area contributed by atoms with Crippen molar-refractivity contribution >= 4 is 17.7 Å². The second kappa shape index (κ2) is 8.26. The Bertz CT molecular complexity index is 1010. The molecule has 28 heavy (non-hydrogen) atoms. The minimum Gasteiger partial charge on any atom is -0.337 e. The zero-order chi connectivity index (χ0) is 20.1. The topological polar surface area (TPSA) is 102 Å². The van der Waals surface area contributed by atoms with Gasteiger partial charge in [-0.3, -0.25) is 14.9 Å². The van der Waals surface area contributed by atoms with E-state index in [1.165, 1.54) is 23.1 Å². The summed E-state index contributed by atoms with van der Waals surface area (Å²) in [5, 5.41) is 14.6. The monoisotopic (exact) mass is 378 g/mol. The van der Waals surface area contributed by atoms with Crippen molar-refractivity contribution in [3.8, 4) is 11.4 Å². The standard InChI is InChI=1S/C20H18N4O4/c1-14-3-8-16(9-4-14)20-21-18(28-22-20)13-23(2)19(25)12-7-15-5-10-17(11-6-15)24(26)27/h3-12H,13H2,1-2H3/b12-7+. The van der Waals surface area contributed by atoms with Crippen LogP contribution in [0.4, 0.5) is 5.69 Å². The third kappa shape index (κ3) is 4.67. The van der Waals surface area contributed by atoms with Crippen LogP contribution >= 0.6 is 0 Å². The Labute approximate surface area is 161 Å². The summed E-state index contributed by atoms with van der Waals surface area (Å²) >= 11 is 0. The van der Waals surface area contributed by atoms with Crippen LogP contribution in [0.3, 0.4) is 0 Å². The van der Waals surface area contributed by atoms with Gasteiger partial charge >= 0.3 is 0 Å². The highest BCUT2D eigenvalue weighted by atomic mass is 16.6. The molecule has 8 nitrogen and oxygen atoms in total. The molecular formula is C20H18N4O4. The number of non-ortho nitro benzene ring substituents is 1. The summed E-state index contributed by atoms with van der Waals surface area (Å²) in [6.07, 6.45) is 2.98. The van der Waals surface area contributed by atoms with Crippen LogP contribution in [0, 0.1) is 17.0 Å². The number of hydrogen-bond acceptors (Lipinski definition) is 6. The van der Waals surface area contributed by atoms with Crippen molar-refractivity contribution in [2.24, 2.45) is 0 Å². The van der Waals surface area contributed by atoms with E-state index in [1.54, 1.807) is 25.3 Å². The van der Waals surface area contributed by atoms with Gasteiger partial charge in [-0.1, -0.05) is 35.0 Å². The molecule has 0 radical (unpaired) electrons. The highest BCUT2D eigenvalue weighted by Gasteiger charge is 2.13. The second-order valence-electron chi connectivity index (χ2n) is 6.25. The summed E-state index contributed by atoms with van der Waals surface area (Å²) < 4.78 is 5.23. The highest BCUT2D eigenvalue weighted by Crippen LogP contribution is 2.17. The van der Waals surface area contributed by atoms with Crippen LogP contribution in [0.2, 0.25) is 0 Å². The first-order valence-electron chi connectivity index (χ1n) is 8.49. The third-order valence-corrected chi connectivity index (χ3v) is 4.05. The number of rotatable bonds is 6. The number of carbonyl (C=O) groups is 1. The molecule has 142 valence electrons. The third-order valence-electron chi connectivity index (χ3n) is 4.05. The number of aromatic nitrogens is 2. The molecule has 8 heteroatoms. The molecule has 0 aliphatic carbocycles. The first-order valence-corrected chi connectivity index (χ1v) is 8.49. The molecule has 0 saturated heterocycles. The predicted molar refractivity (Wildman–Crippen MR) is 103 cm³/mol. The number of amides is 1. The van der Waals surface area contributed by atoms with E-state index < -0.39 is 4.92 Å². The van der Waals surface area contributed by atoms with Gasteiger partial charge in [-0.05, 0) is 30.7 Å². The Kier molecular flexibility index (Phi) is 5.59. The first-order chi connectivity index (χ1) is 13.4. The molecule has 0 N–H and O–H groups in total. The fraction of sp³-hybridized carbons (Fsp3) is 0.150. The fourth-order valence-corrected chi connectivity index (χ4v) is 2.42. The van der Waals surface area contributed by atoms with Gasteiger partial charge in [-0.25, -0.2) is 0 Å². The van der Waals surface area contributed by atoms with Crippen molar-refractivity contribution in [3.63, 3.8) is 0 Å². The number of hydrogen-bond donors (Lipinski definition) is 0. The number of nitrogens with zero attached hydrogens (tertiary/aromatic N) is 4. The molecule has 1 aromatic heterocycles. The van der Waals surface area contributed by atoms with E-state index in [2.05, 4.69) is 10.1 Å². The van der Waals surface area contributed by atoms with Gasteiger partial charge in [-0.2, -0.15) is 4.98 Å². The van der Waals surface area contributed by atoms with Gasteiger partial charge in [0.1, 0.15) is 0 Å². The maximum atomic E-state index is 12.3. The Morgan fingerprint density at radius 2 is 1.86 bits per heavy atom. The molecule has 1 amide bonds. The Morgan fingerprint density at radius 3 is 2.50 bits per heavy atom. The van der Waals surface area contributed by atoms with Gasteiger partial charge in [0.25, 0.3) is 5.69 Å². The zero-order valence-electron chi connectivity index (χ0n) is 15.4. The van der Waals surface area contributed by atoms with Crippen molar-refractivity contribution in [1.29, 1.82) is 0 Å². The molecule has 0 bridgehead atoms. The van der Waals surface area contributed by atoms with Crippen LogP contribution in [0.25, 0.3) is 17.5 Å². The summed E-state index contributed by atoms with van der Waals surface area (Å²) in [7, 11) is 1.62. The van der Waals surface area contributed by atoms with Crippen molar-refractivity contribution in [1.82, 2.24) is 15.0 Å². The Hall–Kier alpha value is -3.81. The van der Waals surface area contributed by atoms with E-state index in [9.17, 15) is 14.9 Å².